The lowest BCUT2D eigenvalue weighted by Gasteiger charge is -2.13. The number of methoxy groups -OCH3 is 1. The van der Waals surface area contributed by atoms with E-state index >= 15 is 0 Å². The van der Waals surface area contributed by atoms with Crippen LogP contribution < -0.4 is 5.73 Å². The third-order valence-electron chi connectivity index (χ3n) is 3.84. The fourth-order valence-corrected chi connectivity index (χ4v) is 2.79. The summed E-state index contributed by atoms with van der Waals surface area (Å²) in [7, 11) is 1.41. The Labute approximate surface area is 112 Å². The lowest BCUT2D eigenvalue weighted by atomic mass is 9.93. The molecule has 19 heavy (non-hydrogen) atoms. The Morgan fingerprint density at radius 2 is 2.32 bits per heavy atom. The highest BCUT2D eigenvalue weighted by atomic mass is 16.5. The molecule has 1 aliphatic rings. The van der Waals surface area contributed by atoms with Crippen LogP contribution in [0.2, 0.25) is 0 Å². The first kappa shape index (κ1) is 13.4. The second-order valence-electron chi connectivity index (χ2n) is 4.81. The Morgan fingerprint density at radius 1 is 1.58 bits per heavy atom. The third-order valence-corrected chi connectivity index (χ3v) is 3.84. The van der Waals surface area contributed by atoms with E-state index < -0.39 is 0 Å². The molecule has 0 heterocycles. The van der Waals surface area contributed by atoms with Crippen LogP contribution in [0, 0.1) is 6.92 Å². The molecule has 0 unspecified atom stereocenters. The molecular weight excluding hydrogens is 244 g/mol. The maximum atomic E-state index is 11.4. The van der Waals surface area contributed by atoms with Gasteiger partial charge in [-0.25, -0.2) is 0 Å². The van der Waals surface area contributed by atoms with Gasteiger partial charge in [0.25, 0.3) is 0 Å². The smallest absolute Gasteiger partial charge is 0.306 e. The van der Waals surface area contributed by atoms with Crippen LogP contribution in [-0.2, 0) is 16.0 Å². The molecular formula is C14H18N2O3. The number of hydrogen-bond acceptors (Lipinski definition) is 4. The van der Waals surface area contributed by atoms with Crippen LogP contribution in [0.5, 0.6) is 0 Å². The zero-order valence-corrected chi connectivity index (χ0v) is 11.1. The molecule has 102 valence electrons. The van der Waals surface area contributed by atoms with Gasteiger partial charge in [0.2, 0.25) is 0 Å². The van der Waals surface area contributed by atoms with Crippen LogP contribution in [-0.4, -0.2) is 24.1 Å². The van der Waals surface area contributed by atoms with E-state index in [0.29, 0.717) is 6.42 Å². The minimum atomic E-state index is -0.184. The number of hydrogen-bond donors (Lipinski definition) is 2. The predicted octanol–water partition coefficient (Wildman–Crippen LogP) is 1.68. The summed E-state index contributed by atoms with van der Waals surface area (Å²) in [5.74, 6) is 0.148. The molecule has 2 rings (SSSR count). The van der Waals surface area contributed by atoms with E-state index in [0.717, 1.165) is 24.0 Å². The number of esters is 1. The lowest BCUT2D eigenvalue weighted by Crippen LogP contribution is -2.15. The average Bonchev–Trinajstić information content (AvgIpc) is 2.82. The highest BCUT2D eigenvalue weighted by Gasteiger charge is 2.27. The molecule has 0 amide bonds. The number of nitrogens with zero attached hydrogens (tertiary/aromatic N) is 1. The van der Waals surface area contributed by atoms with Gasteiger partial charge in [0, 0.05) is 5.56 Å². The van der Waals surface area contributed by atoms with Crippen LogP contribution in [0.4, 0.5) is 0 Å². The van der Waals surface area contributed by atoms with Crippen LogP contribution in [0.1, 0.15) is 41.0 Å². The molecule has 3 N–H and O–H groups in total. The van der Waals surface area contributed by atoms with E-state index in [2.05, 4.69) is 5.16 Å². The minimum absolute atomic E-state index is 0.122. The lowest BCUT2D eigenvalue weighted by molar-refractivity contribution is -0.141. The standard InChI is InChI=1S/C14H18N2O3/c1-8-10-4-3-9(7-13(17)19-2)12(10)6-5-11(8)14(15)16-18/h5-6,9,18H,3-4,7H2,1-2H3,(H2,15,16)/t9-/m1/s1. The molecule has 0 radical (unpaired) electrons. The fourth-order valence-electron chi connectivity index (χ4n) is 2.79. The maximum Gasteiger partial charge on any atom is 0.306 e. The first-order valence-electron chi connectivity index (χ1n) is 6.25. The summed E-state index contributed by atoms with van der Waals surface area (Å²) in [5, 5.41) is 11.8. The van der Waals surface area contributed by atoms with Crippen molar-refractivity contribution < 1.29 is 14.7 Å². The summed E-state index contributed by atoms with van der Waals surface area (Å²) in [6, 6.07) is 3.81. The number of ether oxygens (including phenoxy) is 1. The number of amidine groups is 1. The van der Waals surface area contributed by atoms with Crippen molar-refractivity contribution in [2.45, 2.75) is 32.1 Å². The Morgan fingerprint density at radius 3 is 2.95 bits per heavy atom. The second kappa shape index (κ2) is 5.30. The second-order valence-corrected chi connectivity index (χ2v) is 4.81. The predicted molar refractivity (Wildman–Crippen MR) is 71.4 cm³/mol. The van der Waals surface area contributed by atoms with Gasteiger partial charge in [0.05, 0.1) is 13.5 Å². The summed E-state index contributed by atoms with van der Waals surface area (Å²) in [5.41, 5.74) is 9.81. The van der Waals surface area contributed by atoms with Crippen molar-refractivity contribution in [3.63, 3.8) is 0 Å². The molecule has 1 aromatic carbocycles. The molecule has 0 saturated heterocycles. The van der Waals surface area contributed by atoms with E-state index in [9.17, 15) is 4.79 Å². The summed E-state index contributed by atoms with van der Waals surface area (Å²) >= 11 is 0. The number of rotatable bonds is 3. The average molecular weight is 262 g/mol. The summed E-state index contributed by atoms with van der Waals surface area (Å²) < 4.78 is 4.73. The normalized spacial score (nSPS) is 18.2. The Balaban J connectivity index is 2.34. The van der Waals surface area contributed by atoms with Crippen molar-refractivity contribution in [1.29, 1.82) is 0 Å². The summed E-state index contributed by atoms with van der Waals surface area (Å²) in [4.78, 5) is 11.4. The van der Waals surface area contributed by atoms with Gasteiger partial charge in [0.1, 0.15) is 0 Å². The first-order valence-corrected chi connectivity index (χ1v) is 6.25. The van der Waals surface area contributed by atoms with Crippen molar-refractivity contribution in [2.24, 2.45) is 10.9 Å². The zero-order chi connectivity index (χ0) is 14.0. The van der Waals surface area contributed by atoms with Crippen LogP contribution in [0.15, 0.2) is 17.3 Å². The highest BCUT2D eigenvalue weighted by molar-refractivity contribution is 5.98. The molecule has 1 atom stereocenters. The van der Waals surface area contributed by atoms with Crippen molar-refractivity contribution in [1.82, 2.24) is 0 Å². The maximum absolute atomic E-state index is 11.4. The minimum Gasteiger partial charge on any atom is -0.469 e. The molecule has 0 aromatic heterocycles. The SMILES string of the molecule is COC(=O)C[C@H]1CCc2c1ccc(/C(N)=N/O)c2C. The van der Waals surface area contributed by atoms with Gasteiger partial charge in [-0.05, 0) is 42.4 Å². The molecule has 1 aliphatic carbocycles. The Hall–Kier alpha value is -2.04. The van der Waals surface area contributed by atoms with Gasteiger partial charge < -0.3 is 15.7 Å². The Bertz CT molecular complexity index is 538. The molecule has 5 heteroatoms. The third kappa shape index (κ3) is 2.41. The van der Waals surface area contributed by atoms with Crippen LogP contribution in [0.3, 0.4) is 0 Å². The number of carbonyl (C=O) groups excluding carboxylic acids is 1. The number of oxime groups is 1. The Kier molecular flexibility index (Phi) is 3.74. The van der Waals surface area contributed by atoms with Gasteiger partial charge in [0.15, 0.2) is 5.84 Å². The van der Waals surface area contributed by atoms with Crippen LogP contribution in [0.25, 0.3) is 0 Å². The van der Waals surface area contributed by atoms with Gasteiger partial charge >= 0.3 is 5.97 Å². The van der Waals surface area contributed by atoms with E-state index in [4.69, 9.17) is 15.7 Å². The van der Waals surface area contributed by atoms with Crippen molar-refractivity contribution >= 4 is 11.8 Å². The van der Waals surface area contributed by atoms with Gasteiger partial charge in [-0.3, -0.25) is 4.79 Å². The van der Waals surface area contributed by atoms with Gasteiger partial charge in [-0.15, -0.1) is 0 Å². The zero-order valence-electron chi connectivity index (χ0n) is 11.1. The first-order chi connectivity index (χ1) is 9.08. The van der Waals surface area contributed by atoms with Crippen molar-refractivity contribution in [3.8, 4) is 0 Å². The van der Waals surface area contributed by atoms with Crippen molar-refractivity contribution in [2.75, 3.05) is 7.11 Å². The van der Waals surface area contributed by atoms with Crippen LogP contribution >= 0.6 is 0 Å². The molecule has 0 bridgehead atoms. The van der Waals surface area contributed by atoms with E-state index in [1.165, 1.54) is 18.2 Å². The van der Waals surface area contributed by atoms with E-state index in [-0.39, 0.29) is 17.7 Å². The molecule has 0 spiro atoms. The van der Waals surface area contributed by atoms with Gasteiger partial charge in [-0.2, -0.15) is 0 Å². The molecule has 0 fully saturated rings. The molecule has 5 nitrogen and oxygen atoms in total. The monoisotopic (exact) mass is 262 g/mol. The molecule has 0 aliphatic heterocycles. The fraction of sp³-hybridized carbons (Fsp3) is 0.429. The number of benzene rings is 1. The van der Waals surface area contributed by atoms with Crippen molar-refractivity contribution in [3.05, 3.63) is 34.4 Å². The van der Waals surface area contributed by atoms with E-state index in [1.54, 1.807) is 0 Å². The quantitative estimate of drug-likeness (QED) is 0.285. The number of carbonyl (C=O) groups is 1. The topological polar surface area (TPSA) is 84.9 Å². The summed E-state index contributed by atoms with van der Waals surface area (Å²) in [6.45, 7) is 1.97. The largest absolute Gasteiger partial charge is 0.469 e. The molecule has 0 saturated carbocycles. The summed E-state index contributed by atoms with van der Waals surface area (Å²) in [6.07, 6.45) is 2.26. The van der Waals surface area contributed by atoms with Gasteiger partial charge in [-0.1, -0.05) is 17.3 Å². The number of nitrogens with two attached hydrogens (primary N) is 1. The highest BCUT2D eigenvalue weighted by Crippen LogP contribution is 2.38. The number of fused-ring (bicyclic) bond motifs is 1. The van der Waals surface area contributed by atoms with E-state index in [1.807, 2.05) is 19.1 Å². The molecule has 1 aromatic rings.